The topological polar surface area (TPSA) is 83.7 Å². The van der Waals surface area contributed by atoms with Gasteiger partial charge in [0.15, 0.2) is 5.11 Å². The lowest BCUT2D eigenvalue weighted by Gasteiger charge is -2.11. The molecule has 22 heavy (non-hydrogen) atoms. The molecule has 1 amide bonds. The normalized spacial score (nSPS) is 10.1. The number of thiocarbonyl (C=S) groups is 1. The van der Waals surface area contributed by atoms with Crippen LogP contribution < -0.4 is 15.4 Å². The molecule has 6 nitrogen and oxygen atoms in total. The molecule has 0 aliphatic heterocycles. The molecule has 116 valence electrons. The molecule has 2 aromatic rings. The number of hydrogen-bond acceptors (Lipinski definition) is 5. The molecule has 1 aromatic carbocycles. The third-order valence-corrected chi connectivity index (χ3v) is 3.03. The maximum Gasteiger partial charge on any atom is 0.222 e. The van der Waals surface area contributed by atoms with Crippen molar-refractivity contribution < 1.29 is 19.1 Å². The van der Waals surface area contributed by atoms with E-state index in [2.05, 4.69) is 10.6 Å². The molecule has 1 aromatic heterocycles. The molecular weight excluding hydrogens is 304 g/mol. The van der Waals surface area contributed by atoms with Crippen LogP contribution in [0.3, 0.4) is 0 Å². The first-order chi connectivity index (χ1) is 10.5. The fourth-order valence-corrected chi connectivity index (χ4v) is 2.17. The van der Waals surface area contributed by atoms with Gasteiger partial charge in [-0.25, -0.2) is 0 Å². The van der Waals surface area contributed by atoms with Crippen LogP contribution in [0.5, 0.6) is 5.75 Å². The highest BCUT2D eigenvalue weighted by Crippen LogP contribution is 2.33. The first kappa shape index (κ1) is 16.0. The quantitative estimate of drug-likeness (QED) is 0.750. The molecule has 0 saturated heterocycles. The van der Waals surface area contributed by atoms with Crippen molar-refractivity contribution in [3.8, 4) is 17.1 Å². The summed E-state index contributed by atoms with van der Waals surface area (Å²) in [6.45, 7) is 1.21. The van der Waals surface area contributed by atoms with Crippen LogP contribution in [-0.2, 0) is 11.4 Å². The van der Waals surface area contributed by atoms with Gasteiger partial charge < -0.3 is 24.9 Å². The molecule has 0 saturated carbocycles. The fourth-order valence-electron chi connectivity index (χ4n) is 1.91. The van der Waals surface area contributed by atoms with E-state index in [1.807, 2.05) is 0 Å². The Hall–Kier alpha value is -2.38. The first-order valence-corrected chi connectivity index (χ1v) is 6.91. The minimum atomic E-state index is -0.246. The number of nitrogens with one attached hydrogen (secondary N) is 2. The second kappa shape index (κ2) is 7.06. The number of methoxy groups -OCH3 is 1. The molecule has 1 heterocycles. The van der Waals surface area contributed by atoms with Gasteiger partial charge in [-0.05, 0) is 42.5 Å². The zero-order chi connectivity index (χ0) is 16.1. The monoisotopic (exact) mass is 320 g/mol. The average molecular weight is 320 g/mol. The molecule has 2 rings (SSSR count). The largest absolute Gasteiger partial charge is 0.496 e. The van der Waals surface area contributed by atoms with Crippen molar-refractivity contribution in [2.75, 3.05) is 12.4 Å². The summed E-state index contributed by atoms with van der Waals surface area (Å²) in [5.41, 5.74) is 1.38. The number of carbonyl (C=O) groups excluding carboxylic acids is 1. The Bertz CT molecular complexity index is 697. The summed E-state index contributed by atoms with van der Waals surface area (Å²) >= 11 is 5.03. The number of rotatable bonds is 4. The van der Waals surface area contributed by atoms with Gasteiger partial charge in [-0.2, -0.15) is 0 Å². The van der Waals surface area contributed by atoms with E-state index in [1.165, 1.54) is 6.92 Å². The van der Waals surface area contributed by atoms with Gasteiger partial charge in [-0.3, -0.25) is 4.79 Å². The zero-order valence-corrected chi connectivity index (χ0v) is 13.0. The summed E-state index contributed by atoms with van der Waals surface area (Å²) in [4.78, 5) is 11.0. The van der Waals surface area contributed by atoms with E-state index >= 15 is 0 Å². The van der Waals surface area contributed by atoms with Crippen LogP contribution in [0.25, 0.3) is 11.3 Å². The van der Waals surface area contributed by atoms with E-state index in [4.69, 9.17) is 26.5 Å². The van der Waals surface area contributed by atoms with Crippen molar-refractivity contribution in [1.82, 2.24) is 5.32 Å². The van der Waals surface area contributed by atoms with Crippen LogP contribution in [-0.4, -0.2) is 23.2 Å². The number of hydrogen-bond donors (Lipinski definition) is 3. The van der Waals surface area contributed by atoms with Crippen LogP contribution >= 0.6 is 12.2 Å². The standard InChI is InChI=1S/C15H16N2O4S/c1-9(19)16-15(22)17-10-3-5-13(20-2)12(7-10)14-6-4-11(8-18)21-14/h3-7,18H,8H2,1-2H3,(H2,16,17,19,22). The predicted molar refractivity (Wildman–Crippen MR) is 86.7 cm³/mol. The lowest BCUT2D eigenvalue weighted by Crippen LogP contribution is -2.32. The second-order valence-corrected chi connectivity index (χ2v) is 4.88. The number of amides is 1. The van der Waals surface area contributed by atoms with Gasteiger partial charge in [0.25, 0.3) is 0 Å². The summed E-state index contributed by atoms with van der Waals surface area (Å²) in [5, 5.41) is 14.7. The van der Waals surface area contributed by atoms with E-state index in [9.17, 15) is 4.79 Å². The zero-order valence-electron chi connectivity index (χ0n) is 12.2. The lowest BCUT2D eigenvalue weighted by molar-refractivity contribution is -0.117. The van der Waals surface area contributed by atoms with Crippen molar-refractivity contribution >= 4 is 28.9 Å². The van der Waals surface area contributed by atoms with Gasteiger partial charge in [-0.1, -0.05) is 0 Å². The molecule has 0 spiro atoms. The second-order valence-electron chi connectivity index (χ2n) is 4.47. The molecule has 0 fully saturated rings. The Labute approximate surface area is 133 Å². The van der Waals surface area contributed by atoms with E-state index in [0.717, 1.165) is 0 Å². The molecule has 7 heteroatoms. The van der Waals surface area contributed by atoms with Crippen LogP contribution in [0.1, 0.15) is 12.7 Å². The minimum Gasteiger partial charge on any atom is -0.496 e. The molecule has 3 N–H and O–H groups in total. The molecular formula is C15H16N2O4S. The highest BCUT2D eigenvalue weighted by molar-refractivity contribution is 7.80. The van der Waals surface area contributed by atoms with E-state index in [1.54, 1.807) is 37.4 Å². The Morgan fingerprint density at radius 2 is 2.14 bits per heavy atom. The van der Waals surface area contributed by atoms with Crippen LogP contribution in [0.2, 0.25) is 0 Å². The SMILES string of the molecule is COc1ccc(NC(=S)NC(C)=O)cc1-c1ccc(CO)o1. The molecule has 0 bridgehead atoms. The molecule has 0 aliphatic carbocycles. The van der Waals surface area contributed by atoms with Gasteiger partial charge in [0.1, 0.15) is 23.9 Å². The van der Waals surface area contributed by atoms with E-state index < -0.39 is 0 Å². The Morgan fingerprint density at radius 3 is 2.73 bits per heavy atom. The first-order valence-electron chi connectivity index (χ1n) is 6.50. The van der Waals surface area contributed by atoms with E-state index in [-0.39, 0.29) is 17.6 Å². The highest BCUT2D eigenvalue weighted by atomic mass is 32.1. The summed E-state index contributed by atoms with van der Waals surface area (Å²) in [6.07, 6.45) is 0. The van der Waals surface area contributed by atoms with Gasteiger partial charge in [0, 0.05) is 12.6 Å². The van der Waals surface area contributed by atoms with Crippen molar-refractivity contribution in [2.45, 2.75) is 13.5 Å². The summed E-state index contributed by atoms with van der Waals surface area (Å²) in [6, 6.07) is 8.75. The number of furan rings is 1. The van der Waals surface area contributed by atoms with Crippen LogP contribution in [0.4, 0.5) is 5.69 Å². The predicted octanol–water partition coefficient (Wildman–Crippen LogP) is 2.28. The summed E-state index contributed by atoms with van der Waals surface area (Å²) in [7, 11) is 1.56. The summed E-state index contributed by atoms with van der Waals surface area (Å²) < 4.78 is 10.8. The Morgan fingerprint density at radius 1 is 1.36 bits per heavy atom. The van der Waals surface area contributed by atoms with Crippen molar-refractivity contribution in [1.29, 1.82) is 0 Å². The van der Waals surface area contributed by atoms with Crippen molar-refractivity contribution in [3.05, 3.63) is 36.1 Å². The number of benzene rings is 1. The molecule has 0 radical (unpaired) electrons. The van der Waals surface area contributed by atoms with Crippen LogP contribution in [0.15, 0.2) is 34.7 Å². The Balaban J connectivity index is 2.29. The number of ether oxygens (including phenoxy) is 1. The number of carbonyl (C=O) groups is 1. The van der Waals surface area contributed by atoms with E-state index in [0.29, 0.717) is 28.5 Å². The molecule has 0 aliphatic rings. The average Bonchev–Trinajstić information content (AvgIpc) is 2.95. The highest BCUT2D eigenvalue weighted by Gasteiger charge is 2.12. The van der Waals surface area contributed by atoms with Crippen molar-refractivity contribution in [2.24, 2.45) is 0 Å². The van der Waals surface area contributed by atoms with Gasteiger partial charge in [0.05, 0.1) is 12.7 Å². The summed E-state index contributed by atoms with van der Waals surface area (Å²) in [5.74, 6) is 1.40. The maximum absolute atomic E-state index is 11.0. The van der Waals surface area contributed by atoms with Crippen LogP contribution in [0, 0.1) is 0 Å². The number of anilines is 1. The number of aliphatic hydroxyl groups is 1. The minimum absolute atomic E-state index is 0.174. The fraction of sp³-hybridized carbons (Fsp3) is 0.200. The van der Waals surface area contributed by atoms with Gasteiger partial charge >= 0.3 is 0 Å². The number of aliphatic hydroxyl groups excluding tert-OH is 1. The molecule has 0 atom stereocenters. The molecule has 0 unspecified atom stereocenters. The maximum atomic E-state index is 11.0. The Kier molecular flexibility index (Phi) is 5.13. The third-order valence-electron chi connectivity index (χ3n) is 2.83. The van der Waals surface area contributed by atoms with Crippen molar-refractivity contribution in [3.63, 3.8) is 0 Å². The van der Waals surface area contributed by atoms with Gasteiger partial charge in [-0.15, -0.1) is 0 Å². The third kappa shape index (κ3) is 3.84. The smallest absolute Gasteiger partial charge is 0.222 e. The lowest BCUT2D eigenvalue weighted by atomic mass is 10.1. The van der Waals surface area contributed by atoms with Gasteiger partial charge in [0.2, 0.25) is 5.91 Å².